The number of oxime groups is 1. The minimum Gasteiger partial charge on any atom is -0.493 e. The molecule has 8 nitrogen and oxygen atoms in total. The van der Waals surface area contributed by atoms with Gasteiger partial charge >= 0.3 is 0 Å². The number of hydrogen-bond donors (Lipinski definition) is 3. The van der Waals surface area contributed by atoms with Crippen LogP contribution in [0.1, 0.15) is 16.1 Å². The molecule has 0 aliphatic heterocycles. The van der Waals surface area contributed by atoms with E-state index in [-0.39, 0.29) is 17.1 Å². The number of fused-ring (bicyclic) bond motifs is 1. The predicted molar refractivity (Wildman–Crippen MR) is 97.8 cm³/mol. The third kappa shape index (κ3) is 3.59. The number of hydrogen-bond acceptors (Lipinski definition) is 6. The van der Waals surface area contributed by atoms with Gasteiger partial charge in [0.2, 0.25) is 5.88 Å². The van der Waals surface area contributed by atoms with Crippen molar-refractivity contribution in [3.8, 4) is 5.88 Å². The van der Waals surface area contributed by atoms with Crippen LogP contribution in [-0.2, 0) is 0 Å². The Balaban J connectivity index is 1.92. The number of H-pyrrole nitrogens is 1. The van der Waals surface area contributed by atoms with Crippen molar-refractivity contribution in [1.29, 1.82) is 0 Å². The number of halogens is 2. The number of carbonyl (C=O) groups is 1. The summed E-state index contributed by atoms with van der Waals surface area (Å²) >= 11 is 6.74. The number of nitrogens with zero attached hydrogens (tertiary/aromatic N) is 4. The fraction of sp³-hybridized carbons (Fsp3) is 0. The van der Waals surface area contributed by atoms with Crippen LogP contribution in [0.25, 0.3) is 10.9 Å². The quantitative estimate of drug-likeness (QED) is 0.227. The second-order valence-electron chi connectivity index (χ2n) is 4.85. The summed E-state index contributed by atoms with van der Waals surface area (Å²) in [6.45, 7) is 0. The van der Waals surface area contributed by atoms with Crippen LogP contribution in [0.2, 0.25) is 0 Å². The summed E-state index contributed by atoms with van der Waals surface area (Å²) in [5, 5.41) is 29.4. The highest BCUT2D eigenvalue weighted by atomic mass is 79.9. The van der Waals surface area contributed by atoms with E-state index in [0.717, 1.165) is 15.2 Å². The average molecular weight is 467 g/mol. The molecule has 2 heterocycles. The van der Waals surface area contributed by atoms with Crippen molar-refractivity contribution in [3.63, 3.8) is 0 Å². The van der Waals surface area contributed by atoms with E-state index in [1.807, 2.05) is 6.07 Å². The molecule has 0 bridgehead atoms. The van der Waals surface area contributed by atoms with Crippen LogP contribution in [0.15, 0.2) is 54.8 Å². The first kappa shape index (κ1) is 17.2. The van der Waals surface area contributed by atoms with E-state index >= 15 is 0 Å². The maximum Gasteiger partial charge on any atom is 0.296 e. The van der Waals surface area contributed by atoms with E-state index in [9.17, 15) is 9.90 Å². The molecule has 3 rings (SSSR count). The molecule has 0 saturated heterocycles. The number of aromatic hydroxyl groups is 1. The van der Waals surface area contributed by atoms with Gasteiger partial charge in [0.1, 0.15) is 0 Å². The van der Waals surface area contributed by atoms with E-state index < -0.39 is 5.91 Å². The number of rotatable bonds is 3. The van der Waals surface area contributed by atoms with Crippen molar-refractivity contribution in [2.24, 2.45) is 15.4 Å². The predicted octanol–water partition coefficient (Wildman–Crippen LogP) is 4.53. The van der Waals surface area contributed by atoms with Crippen LogP contribution in [0.5, 0.6) is 5.88 Å². The van der Waals surface area contributed by atoms with Gasteiger partial charge in [0, 0.05) is 20.5 Å². The van der Waals surface area contributed by atoms with Gasteiger partial charge in [0.25, 0.3) is 5.91 Å². The van der Waals surface area contributed by atoms with Crippen LogP contribution in [0.3, 0.4) is 0 Å². The van der Waals surface area contributed by atoms with Gasteiger partial charge in [-0.2, -0.15) is 0 Å². The van der Waals surface area contributed by atoms with Gasteiger partial charge in [-0.15, -0.1) is 10.2 Å². The van der Waals surface area contributed by atoms with Crippen LogP contribution >= 0.6 is 31.9 Å². The SMILES string of the molecule is O=C(N=Nc1c(O)[nH]c2c(Br)cc(Br)cc12)c1ccc(/C=N/O)nc1. The number of benzene rings is 1. The Morgan fingerprint density at radius 2 is 2.08 bits per heavy atom. The summed E-state index contributed by atoms with van der Waals surface area (Å²) in [6.07, 6.45) is 2.43. The second kappa shape index (κ2) is 7.11. The Bertz CT molecular complexity index is 1010. The summed E-state index contributed by atoms with van der Waals surface area (Å²) in [6, 6.07) is 6.54. The van der Waals surface area contributed by atoms with E-state index in [0.29, 0.717) is 16.6 Å². The molecule has 3 N–H and O–H groups in total. The van der Waals surface area contributed by atoms with Gasteiger partial charge in [-0.1, -0.05) is 21.1 Å². The zero-order valence-electron chi connectivity index (χ0n) is 12.3. The standard InChI is InChI=1S/C15H9Br2N5O3/c16-8-3-10-12(11(17)4-8)20-15(24)13(10)21-22-14(23)7-1-2-9(6-19-25)18-5-7/h1-6,20,24-25H/b19-6+,22-21?. The number of pyridine rings is 1. The molecule has 1 aromatic carbocycles. The Labute approximate surface area is 157 Å². The molecule has 126 valence electrons. The highest BCUT2D eigenvalue weighted by Crippen LogP contribution is 2.40. The van der Waals surface area contributed by atoms with Crippen molar-refractivity contribution in [1.82, 2.24) is 9.97 Å². The fourth-order valence-corrected chi connectivity index (χ4v) is 3.44. The number of azo groups is 1. The molecule has 1 amide bonds. The van der Waals surface area contributed by atoms with E-state index in [1.165, 1.54) is 18.3 Å². The smallest absolute Gasteiger partial charge is 0.296 e. The third-order valence-corrected chi connectivity index (χ3v) is 4.33. The molecule has 0 fully saturated rings. The second-order valence-corrected chi connectivity index (χ2v) is 6.62. The molecule has 0 atom stereocenters. The van der Waals surface area contributed by atoms with Crippen LogP contribution in [0.4, 0.5) is 5.69 Å². The lowest BCUT2D eigenvalue weighted by molar-refractivity contribution is 0.0994. The topological polar surface area (TPSA) is 123 Å². The van der Waals surface area contributed by atoms with Crippen LogP contribution in [-0.4, -0.2) is 32.4 Å². The Morgan fingerprint density at radius 3 is 2.76 bits per heavy atom. The van der Waals surface area contributed by atoms with Crippen molar-refractivity contribution < 1.29 is 15.1 Å². The molecule has 0 aliphatic carbocycles. The average Bonchev–Trinajstić information content (AvgIpc) is 2.89. The Kier molecular flexibility index (Phi) is 4.91. The van der Waals surface area contributed by atoms with Crippen molar-refractivity contribution in [2.75, 3.05) is 0 Å². The summed E-state index contributed by atoms with van der Waals surface area (Å²) in [7, 11) is 0. The molecule has 0 spiro atoms. The zero-order valence-corrected chi connectivity index (χ0v) is 15.5. The summed E-state index contributed by atoms with van der Waals surface area (Å²) < 4.78 is 1.50. The minimum absolute atomic E-state index is 0.155. The molecule has 0 unspecified atom stereocenters. The van der Waals surface area contributed by atoms with Crippen LogP contribution in [0, 0.1) is 0 Å². The highest BCUT2D eigenvalue weighted by molar-refractivity contribution is 9.11. The molecule has 0 radical (unpaired) electrons. The van der Waals surface area contributed by atoms with Gasteiger partial charge < -0.3 is 15.3 Å². The number of nitrogens with one attached hydrogen (secondary N) is 1. The monoisotopic (exact) mass is 465 g/mol. The van der Waals surface area contributed by atoms with Crippen LogP contribution < -0.4 is 0 Å². The zero-order chi connectivity index (χ0) is 18.0. The Hall–Kier alpha value is -2.59. The fourth-order valence-electron chi connectivity index (χ4n) is 2.11. The first-order valence-electron chi connectivity index (χ1n) is 6.79. The van der Waals surface area contributed by atoms with Crippen molar-refractivity contribution >= 4 is 60.6 Å². The molecule has 25 heavy (non-hydrogen) atoms. The maximum absolute atomic E-state index is 12.1. The van der Waals surface area contributed by atoms with Gasteiger partial charge in [0.15, 0.2) is 5.69 Å². The van der Waals surface area contributed by atoms with Gasteiger partial charge in [-0.05, 0) is 40.2 Å². The van der Waals surface area contributed by atoms with Gasteiger partial charge in [0.05, 0.1) is 23.0 Å². The molecule has 0 saturated carbocycles. The van der Waals surface area contributed by atoms with Crippen molar-refractivity contribution in [3.05, 3.63) is 50.7 Å². The maximum atomic E-state index is 12.1. The van der Waals surface area contributed by atoms with E-state index in [4.69, 9.17) is 5.21 Å². The molecule has 0 aliphatic rings. The molecule has 2 aromatic heterocycles. The normalized spacial score (nSPS) is 11.8. The lowest BCUT2D eigenvalue weighted by Gasteiger charge is -1.97. The van der Waals surface area contributed by atoms with Gasteiger partial charge in [-0.25, -0.2) is 0 Å². The van der Waals surface area contributed by atoms with Crippen molar-refractivity contribution in [2.45, 2.75) is 0 Å². The summed E-state index contributed by atoms with van der Waals surface area (Å²) in [4.78, 5) is 18.8. The highest BCUT2D eigenvalue weighted by Gasteiger charge is 2.14. The lowest BCUT2D eigenvalue weighted by Crippen LogP contribution is -1.96. The first-order valence-corrected chi connectivity index (χ1v) is 8.37. The lowest BCUT2D eigenvalue weighted by atomic mass is 10.2. The largest absolute Gasteiger partial charge is 0.493 e. The van der Waals surface area contributed by atoms with E-state index in [1.54, 1.807) is 6.07 Å². The third-order valence-electron chi connectivity index (χ3n) is 3.24. The van der Waals surface area contributed by atoms with Gasteiger partial charge in [-0.3, -0.25) is 9.78 Å². The minimum atomic E-state index is -0.622. The first-order chi connectivity index (χ1) is 12.0. The number of carbonyl (C=O) groups excluding carboxylic acids is 1. The number of aromatic amines is 1. The summed E-state index contributed by atoms with van der Waals surface area (Å²) in [5.41, 5.74) is 1.39. The summed E-state index contributed by atoms with van der Waals surface area (Å²) in [5.74, 6) is -0.819. The molecule has 10 heteroatoms. The van der Waals surface area contributed by atoms with E-state index in [2.05, 4.69) is 57.2 Å². The number of aromatic nitrogens is 2. The number of amides is 1. The molecule has 3 aromatic rings. The Morgan fingerprint density at radius 1 is 1.28 bits per heavy atom. The molecular formula is C15H9Br2N5O3. The molecular weight excluding hydrogens is 458 g/mol.